The second-order valence-electron chi connectivity index (χ2n) is 8.02. The molecule has 1 fully saturated rings. The molecular weight excluding hydrogens is 260 g/mol. The van der Waals surface area contributed by atoms with Crippen molar-refractivity contribution < 1.29 is 9.90 Å². The zero-order valence-corrected chi connectivity index (χ0v) is 13.8. The maximum atomic E-state index is 11.0. The van der Waals surface area contributed by atoms with Crippen molar-refractivity contribution in [3.05, 3.63) is 35.4 Å². The van der Waals surface area contributed by atoms with Crippen molar-refractivity contribution in [1.82, 2.24) is 0 Å². The Hall–Kier alpha value is -1.31. The Bertz CT molecular complexity index is 504. The SMILES string of the molecule is CC1(C)CCC(c2cccc(C(C)(C)CC(=O)O)c2)CC1. The number of hydrogen-bond acceptors (Lipinski definition) is 1. The highest BCUT2D eigenvalue weighted by Gasteiger charge is 2.29. The molecule has 0 aromatic heterocycles. The van der Waals surface area contributed by atoms with Crippen LogP contribution < -0.4 is 0 Å². The molecule has 0 amide bonds. The molecule has 1 aliphatic rings. The summed E-state index contributed by atoms with van der Waals surface area (Å²) in [6, 6.07) is 8.61. The lowest BCUT2D eigenvalue weighted by molar-refractivity contribution is -0.138. The van der Waals surface area contributed by atoms with Crippen LogP contribution in [0.5, 0.6) is 0 Å². The molecule has 0 atom stereocenters. The summed E-state index contributed by atoms with van der Waals surface area (Å²) in [7, 11) is 0. The topological polar surface area (TPSA) is 37.3 Å². The molecule has 1 aromatic carbocycles. The van der Waals surface area contributed by atoms with Gasteiger partial charge in [-0.15, -0.1) is 0 Å². The molecule has 0 unspecified atom stereocenters. The highest BCUT2D eigenvalue weighted by Crippen LogP contribution is 2.43. The number of benzene rings is 1. The number of aliphatic carboxylic acids is 1. The van der Waals surface area contributed by atoms with E-state index in [1.54, 1.807) is 0 Å². The molecule has 2 heteroatoms. The lowest BCUT2D eigenvalue weighted by Crippen LogP contribution is -2.23. The number of hydrogen-bond donors (Lipinski definition) is 1. The van der Waals surface area contributed by atoms with E-state index in [1.807, 2.05) is 13.8 Å². The van der Waals surface area contributed by atoms with Crippen molar-refractivity contribution in [2.75, 3.05) is 0 Å². The molecule has 0 heterocycles. The summed E-state index contributed by atoms with van der Waals surface area (Å²) in [6.07, 6.45) is 5.22. The summed E-state index contributed by atoms with van der Waals surface area (Å²) in [5, 5.41) is 9.09. The van der Waals surface area contributed by atoms with E-state index < -0.39 is 5.97 Å². The van der Waals surface area contributed by atoms with E-state index in [0.29, 0.717) is 11.3 Å². The van der Waals surface area contributed by atoms with Crippen LogP contribution >= 0.6 is 0 Å². The molecule has 1 aromatic rings. The molecule has 0 aliphatic heterocycles. The minimum atomic E-state index is -0.732. The zero-order valence-electron chi connectivity index (χ0n) is 13.8. The van der Waals surface area contributed by atoms with E-state index >= 15 is 0 Å². The van der Waals surface area contributed by atoms with Crippen LogP contribution in [-0.4, -0.2) is 11.1 Å². The Labute approximate surface area is 128 Å². The zero-order chi connectivity index (χ0) is 15.7. The average molecular weight is 288 g/mol. The first-order valence-electron chi connectivity index (χ1n) is 8.02. The third-order valence-electron chi connectivity index (χ3n) is 5.07. The molecular formula is C19H28O2. The molecule has 1 aliphatic carbocycles. The smallest absolute Gasteiger partial charge is 0.304 e. The number of carbonyl (C=O) groups is 1. The van der Waals surface area contributed by atoms with Gasteiger partial charge in [0.25, 0.3) is 0 Å². The van der Waals surface area contributed by atoms with Gasteiger partial charge < -0.3 is 5.11 Å². The monoisotopic (exact) mass is 288 g/mol. The highest BCUT2D eigenvalue weighted by atomic mass is 16.4. The first-order chi connectivity index (χ1) is 9.70. The van der Waals surface area contributed by atoms with Gasteiger partial charge in [0, 0.05) is 5.41 Å². The summed E-state index contributed by atoms with van der Waals surface area (Å²) < 4.78 is 0. The standard InChI is InChI=1S/C19H28O2/c1-18(2)10-8-14(9-11-18)15-6-5-7-16(12-15)19(3,4)13-17(20)21/h5-7,12,14H,8-11,13H2,1-4H3,(H,20,21). The van der Waals surface area contributed by atoms with Gasteiger partial charge in [0.2, 0.25) is 0 Å². The van der Waals surface area contributed by atoms with Crippen LogP contribution in [0.4, 0.5) is 0 Å². The van der Waals surface area contributed by atoms with Gasteiger partial charge in [-0.05, 0) is 48.1 Å². The van der Waals surface area contributed by atoms with Gasteiger partial charge in [0.1, 0.15) is 0 Å². The van der Waals surface area contributed by atoms with Crippen molar-refractivity contribution in [2.45, 2.75) is 71.1 Å². The third kappa shape index (κ3) is 4.09. The summed E-state index contributed by atoms with van der Waals surface area (Å²) in [5.74, 6) is -0.0941. The van der Waals surface area contributed by atoms with E-state index in [4.69, 9.17) is 5.11 Å². The van der Waals surface area contributed by atoms with Crippen LogP contribution in [0.2, 0.25) is 0 Å². The molecule has 1 N–H and O–H groups in total. The molecule has 116 valence electrons. The molecule has 2 rings (SSSR count). The summed E-state index contributed by atoms with van der Waals surface area (Å²) in [4.78, 5) is 11.0. The van der Waals surface area contributed by atoms with Crippen molar-refractivity contribution >= 4 is 5.97 Å². The molecule has 1 saturated carbocycles. The number of carboxylic acid groups (broad SMARTS) is 1. The van der Waals surface area contributed by atoms with Gasteiger partial charge in [-0.3, -0.25) is 4.79 Å². The molecule has 0 spiro atoms. The molecule has 0 bridgehead atoms. The number of carboxylic acids is 1. The van der Waals surface area contributed by atoms with E-state index in [2.05, 4.69) is 38.1 Å². The maximum absolute atomic E-state index is 11.0. The van der Waals surface area contributed by atoms with Gasteiger partial charge in [-0.25, -0.2) is 0 Å². The van der Waals surface area contributed by atoms with Gasteiger partial charge in [0.15, 0.2) is 0 Å². The Morgan fingerprint density at radius 2 is 1.90 bits per heavy atom. The third-order valence-corrected chi connectivity index (χ3v) is 5.07. The van der Waals surface area contributed by atoms with Gasteiger partial charge in [-0.1, -0.05) is 52.0 Å². The minimum absolute atomic E-state index is 0.175. The fraction of sp³-hybridized carbons (Fsp3) is 0.632. The minimum Gasteiger partial charge on any atom is -0.481 e. The van der Waals surface area contributed by atoms with Gasteiger partial charge in [-0.2, -0.15) is 0 Å². The van der Waals surface area contributed by atoms with E-state index in [-0.39, 0.29) is 11.8 Å². The second kappa shape index (κ2) is 5.82. The van der Waals surface area contributed by atoms with Crippen LogP contribution in [0.15, 0.2) is 24.3 Å². The van der Waals surface area contributed by atoms with Crippen LogP contribution in [0.25, 0.3) is 0 Å². The molecule has 2 nitrogen and oxygen atoms in total. The van der Waals surface area contributed by atoms with Crippen molar-refractivity contribution in [3.8, 4) is 0 Å². The molecule has 0 saturated heterocycles. The van der Waals surface area contributed by atoms with E-state index in [1.165, 1.54) is 31.2 Å². The van der Waals surface area contributed by atoms with Crippen LogP contribution in [0, 0.1) is 5.41 Å². The largest absolute Gasteiger partial charge is 0.481 e. The molecule has 21 heavy (non-hydrogen) atoms. The Morgan fingerprint density at radius 3 is 2.48 bits per heavy atom. The number of rotatable bonds is 4. The van der Waals surface area contributed by atoms with Crippen molar-refractivity contribution in [3.63, 3.8) is 0 Å². The van der Waals surface area contributed by atoms with Gasteiger partial charge in [0.05, 0.1) is 6.42 Å². The maximum Gasteiger partial charge on any atom is 0.304 e. The van der Waals surface area contributed by atoms with E-state index in [0.717, 1.165) is 5.56 Å². The predicted molar refractivity (Wildman–Crippen MR) is 86.7 cm³/mol. The van der Waals surface area contributed by atoms with Crippen LogP contribution in [-0.2, 0) is 10.2 Å². The molecule has 0 radical (unpaired) electrons. The summed E-state index contributed by atoms with van der Waals surface area (Å²) >= 11 is 0. The van der Waals surface area contributed by atoms with Crippen LogP contribution in [0.1, 0.15) is 76.8 Å². The van der Waals surface area contributed by atoms with Crippen molar-refractivity contribution in [2.24, 2.45) is 5.41 Å². The quantitative estimate of drug-likeness (QED) is 0.834. The van der Waals surface area contributed by atoms with E-state index in [9.17, 15) is 4.79 Å². The van der Waals surface area contributed by atoms with Crippen LogP contribution in [0.3, 0.4) is 0 Å². The highest BCUT2D eigenvalue weighted by molar-refractivity contribution is 5.68. The Morgan fingerprint density at radius 1 is 1.29 bits per heavy atom. The summed E-state index contributed by atoms with van der Waals surface area (Å²) in [5.41, 5.74) is 2.71. The second-order valence-corrected chi connectivity index (χ2v) is 8.02. The lowest BCUT2D eigenvalue weighted by atomic mass is 9.70. The average Bonchev–Trinajstić information content (AvgIpc) is 2.37. The Kier molecular flexibility index (Phi) is 4.46. The first kappa shape index (κ1) is 16.1. The predicted octanol–water partition coefficient (Wildman–Crippen LogP) is 5.12. The first-order valence-corrected chi connectivity index (χ1v) is 8.02. The lowest BCUT2D eigenvalue weighted by Gasteiger charge is -2.35. The summed E-state index contributed by atoms with van der Waals surface area (Å²) in [6.45, 7) is 8.75. The Balaban J connectivity index is 2.17. The fourth-order valence-corrected chi connectivity index (χ4v) is 3.43. The van der Waals surface area contributed by atoms with Gasteiger partial charge >= 0.3 is 5.97 Å². The fourth-order valence-electron chi connectivity index (χ4n) is 3.43. The van der Waals surface area contributed by atoms with Crippen molar-refractivity contribution in [1.29, 1.82) is 0 Å². The normalized spacial score (nSPS) is 19.4.